The molecule has 11 nitrogen and oxygen atoms in total. The van der Waals surface area contributed by atoms with Crippen molar-refractivity contribution in [1.29, 1.82) is 0 Å². The van der Waals surface area contributed by atoms with Gasteiger partial charge in [0.25, 0.3) is 5.91 Å². The third-order valence-electron chi connectivity index (χ3n) is 9.08. The zero-order valence-electron chi connectivity index (χ0n) is 24.3. The predicted molar refractivity (Wildman–Crippen MR) is 160 cm³/mol. The molecule has 3 saturated heterocycles. The van der Waals surface area contributed by atoms with Crippen LogP contribution in [0.3, 0.4) is 0 Å². The van der Waals surface area contributed by atoms with Crippen molar-refractivity contribution in [2.75, 3.05) is 62.7 Å². The number of fused-ring (bicyclic) bond motifs is 2. The Morgan fingerprint density at radius 1 is 1.12 bits per heavy atom. The number of rotatable bonds is 5. The van der Waals surface area contributed by atoms with Crippen LogP contribution in [0.2, 0.25) is 0 Å². The van der Waals surface area contributed by atoms with Gasteiger partial charge in [0, 0.05) is 68.1 Å². The number of aryl methyl sites for hydroxylation is 1. The number of hydrogen-bond donors (Lipinski definition) is 1. The number of amides is 1. The Morgan fingerprint density at radius 3 is 2.64 bits per heavy atom. The molecule has 0 bridgehead atoms. The van der Waals surface area contributed by atoms with Crippen LogP contribution in [0.15, 0.2) is 43.4 Å². The van der Waals surface area contributed by atoms with E-state index in [0.29, 0.717) is 17.7 Å². The van der Waals surface area contributed by atoms with Crippen molar-refractivity contribution >= 4 is 28.8 Å². The normalized spacial score (nSPS) is 21.4. The number of carbonyl (C=O) groups is 1. The second-order valence-corrected chi connectivity index (χ2v) is 11.7. The van der Waals surface area contributed by atoms with Crippen LogP contribution in [-0.4, -0.2) is 94.0 Å². The Bertz CT molecular complexity index is 1470. The van der Waals surface area contributed by atoms with E-state index in [1.807, 2.05) is 18.0 Å². The zero-order chi connectivity index (χ0) is 28.8. The molecule has 7 rings (SSSR count). The molecule has 0 unspecified atom stereocenters. The van der Waals surface area contributed by atoms with Crippen LogP contribution < -0.4 is 15.0 Å². The molecule has 220 valence electrons. The molecular weight excluding hydrogens is 532 g/mol. The molecular formula is C31H38N8O3. The van der Waals surface area contributed by atoms with Gasteiger partial charge in [-0.05, 0) is 58.0 Å². The van der Waals surface area contributed by atoms with Gasteiger partial charge in [-0.3, -0.25) is 14.7 Å². The summed E-state index contributed by atoms with van der Waals surface area (Å²) < 4.78 is 13.7. The fourth-order valence-corrected chi connectivity index (χ4v) is 6.66. The molecule has 3 fully saturated rings. The third kappa shape index (κ3) is 4.90. The SMILES string of the molecule is C=C(C(=O)N1CC(N2CCC(c3cc4c(c(C)n3)O[C@@H](C)c3c(N5CCOCC5)ccnc3N4)CC2)C1)n1cccn1. The van der Waals surface area contributed by atoms with Gasteiger partial charge in [-0.25, -0.2) is 9.67 Å². The van der Waals surface area contributed by atoms with E-state index in [9.17, 15) is 4.79 Å². The minimum Gasteiger partial charge on any atom is -0.482 e. The van der Waals surface area contributed by atoms with Gasteiger partial charge in [0.1, 0.15) is 17.6 Å². The molecule has 42 heavy (non-hydrogen) atoms. The summed E-state index contributed by atoms with van der Waals surface area (Å²) in [7, 11) is 0. The molecule has 7 heterocycles. The third-order valence-corrected chi connectivity index (χ3v) is 9.08. The van der Waals surface area contributed by atoms with Crippen molar-refractivity contribution in [3.8, 4) is 5.75 Å². The van der Waals surface area contributed by atoms with Gasteiger partial charge in [0.15, 0.2) is 5.75 Å². The highest BCUT2D eigenvalue weighted by atomic mass is 16.5. The quantitative estimate of drug-likeness (QED) is 0.462. The summed E-state index contributed by atoms with van der Waals surface area (Å²) in [5, 5.41) is 7.75. The van der Waals surface area contributed by atoms with E-state index in [-0.39, 0.29) is 12.0 Å². The van der Waals surface area contributed by atoms with E-state index in [0.717, 1.165) is 105 Å². The van der Waals surface area contributed by atoms with E-state index < -0.39 is 0 Å². The maximum atomic E-state index is 12.8. The van der Waals surface area contributed by atoms with Gasteiger partial charge in [0.2, 0.25) is 0 Å². The van der Waals surface area contributed by atoms with Gasteiger partial charge in [-0.2, -0.15) is 5.10 Å². The zero-order valence-corrected chi connectivity index (χ0v) is 24.3. The summed E-state index contributed by atoms with van der Waals surface area (Å²) in [6, 6.07) is 6.43. The van der Waals surface area contributed by atoms with Crippen molar-refractivity contribution < 1.29 is 14.3 Å². The number of pyridine rings is 2. The highest BCUT2D eigenvalue weighted by Gasteiger charge is 2.38. The summed E-state index contributed by atoms with van der Waals surface area (Å²) in [4.78, 5) is 29.3. The maximum Gasteiger partial charge on any atom is 0.271 e. The first-order valence-electron chi connectivity index (χ1n) is 15.0. The van der Waals surface area contributed by atoms with Gasteiger partial charge in [0.05, 0.1) is 30.2 Å². The minimum atomic E-state index is -0.166. The number of likely N-dealkylation sites (tertiary alicyclic amines) is 2. The second kappa shape index (κ2) is 11.0. The summed E-state index contributed by atoms with van der Waals surface area (Å²) in [6.45, 7) is 14.7. The average molecular weight is 571 g/mol. The molecule has 1 atom stereocenters. The summed E-state index contributed by atoms with van der Waals surface area (Å²) in [5.74, 6) is 1.96. The molecule has 11 heteroatoms. The van der Waals surface area contributed by atoms with Crippen molar-refractivity contribution in [2.24, 2.45) is 0 Å². The lowest BCUT2D eigenvalue weighted by Crippen LogP contribution is -2.62. The number of nitrogens with zero attached hydrogens (tertiary/aromatic N) is 7. The lowest BCUT2D eigenvalue weighted by Gasteiger charge is -2.47. The number of morpholine rings is 1. The van der Waals surface area contributed by atoms with E-state index in [2.05, 4.69) is 45.9 Å². The number of aromatic nitrogens is 4. The van der Waals surface area contributed by atoms with Crippen molar-refractivity contribution in [1.82, 2.24) is 29.5 Å². The number of carbonyl (C=O) groups excluding carboxylic acids is 1. The van der Waals surface area contributed by atoms with Crippen molar-refractivity contribution in [2.45, 2.75) is 44.8 Å². The molecule has 0 radical (unpaired) electrons. The summed E-state index contributed by atoms with van der Waals surface area (Å²) >= 11 is 0. The molecule has 0 aliphatic carbocycles. The van der Waals surface area contributed by atoms with E-state index in [1.165, 1.54) is 4.68 Å². The standard InChI is InChI=1S/C31H38N8O3/c1-20-29-26(35-30-28(22(3)42-29)27(5-9-32-30)37-13-15-41-16-14-37)17-25(34-20)23-6-11-36(12-7-23)24-18-38(19-24)31(40)21(2)39-10-4-8-33-39/h4-5,8-10,17,22-24H,2,6-7,11-16,18-19H2,1,3H3,(H,32,35)/t22-/m0/s1. The lowest BCUT2D eigenvalue weighted by atomic mass is 9.90. The first kappa shape index (κ1) is 26.9. The van der Waals surface area contributed by atoms with Crippen LogP contribution in [0.4, 0.5) is 17.2 Å². The second-order valence-electron chi connectivity index (χ2n) is 11.7. The van der Waals surface area contributed by atoms with E-state index in [4.69, 9.17) is 19.4 Å². The van der Waals surface area contributed by atoms with Crippen molar-refractivity contribution in [3.63, 3.8) is 0 Å². The highest BCUT2D eigenvalue weighted by molar-refractivity contribution is 6.12. The number of piperidine rings is 1. The molecule has 0 aromatic carbocycles. The van der Waals surface area contributed by atoms with Gasteiger partial charge < -0.3 is 24.6 Å². The molecule has 4 aliphatic heterocycles. The summed E-state index contributed by atoms with van der Waals surface area (Å²) in [6.07, 6.45) is 7.18. The van der Waals surface area contributed by atoms with E-state index in [1.54, 1.807) is 18.5 Å². The molecule has 3 aromatic heterocycles. The first-order chi connectivity index (χ1) is 20.5. The summed E-state index contributed by atoms with van der Waals surface area (Å²) in [5.41, 5.74) is 5.55. The van der Waals surface area contributed by atoms with Crippen LogP contribution in [-0.2, 0) is 9.53 Å². The maximum absolute atomic E-state index is 12.8. The number of nitrogens with one attached hydrogen (secondary N) is 1. The number of anilines is 3. The molecule has 1 N–H and O–H groups in total. The van der Waals surface area contributed by atoms with Gasteiger partial charge in [-0.1, -0.05) is 6.58 Å². The fraction of sp³-hybridized carbons (Fsp3) is 0.484. The Labute approximate surface area is 246 Å². The van der Waals surface area contributed by atoms with Gasteiger partial charge >= 0.3 is 0 Å². The molecule has 0 saturated carbocycles. The Morgan fingerprint density at radius 2 is 1.90 bits per heavy atom. The van der Waals surface area contributed by atoms with Crippen LogP contribution >= 0.6 is 0 Å². The molecule has 0 spiro atoms. The average Bonchev–Trinajstić information content (AvgIpc) is 3.48. The number of ether oxygens (including phenoxy) is 2. The Kier molecular flexibility index (Phi) is 7.07. The number of hydrogen-bond acceptors (Lipinski definition) is 9. The van der Waals surface area contributed by atoms with E-state index >= 15 is 0 Å². The Hall–Kier alpha value is -3.96. The predicted octanol–water partition coefficient (Wildman–Crippen LogP) is 3.58. The smallest absolute Gasteiger partial charge is 0.271 e. The van der Waals surface area contributed by atoms with Crippen LogP contribution in [0.1, 0.15) is 48.7 Å². The lowest BCUT2D eigenvalue weighted by molar-refractivity contribution is -0.133. The Balaban J connectivity index is 1.01. The molecule has 1 amide bonds. The minimum absolute atomic E-state index is 0.0494. The van der Waals surface area contributed by atoms with Crippen LogP contribution in [0.5, 0.6) is 5.75 Å². The largest absolute Gasteiger partial charge is 0.482 e. The van der Waals surface area contributed by atoms with Gasteiger partial charge in [-0.15, -0.1) is 0 Å². The first-order valence-corrected chi connectivity index (χ1v) is 15.0. The highest BCUT2D eigenvalue weighted by Crippen LogP contribution is 2.44. The molecule has 3 aromatic rings. The topological polar surface area (TPSA) is 101 Å². The van der Waals surface area contributed by atoms with Crippen molar-refractivity contribution in [3.05, 3.63) is 60.3 Å². The van der Waals surface area contributed by atoms with Crippen LogP contribution in [0.25, 0.3) is 5.70 Å². The molecule has 4 aliphatic rings. The monoisotopic (exact) mass is 570 g/mol. The fourth-order valence-electron chi connectivity index (χ4n) is 6.66. The van der Waals surface area contributed by atoms with Crippen LogP contribution in [0, 0.1) is 6.92 Å².